The van der Waals surface area contributed by atoms with Crippen molar-refractivity contribution in [2.75, 3.05) is 6.61 Å². The summed E-state index contributed by atoms with van der Waals surface area (Å²) in [6.45, 7) is 3.91. The summed E-state index contributed by atoms with van der Waals surface area (Å²) in [7, 11) is 0. The third-order valence-electron chi connectivity index (χ3n) is 9.07. The number of carbonyl (C=O) groups is 1. The lowest BCUT2D eigenvalue weighted by Crippen LogP contribution is -2.53. The van der Waals surface area contributed by atoms with Gasteiger partial charge in [0.25, 0.3) is 0 Å². The minimum atomic E-state index is -1.25. The Hall–Kier alpha value is -0.690. The van der Waals surface area contributed by atoms with Gasteiger partial charge < -0.3 is 25.7 Å². The van der Waals surface area contributed by atoms with Crippen LogP contribution in [-0.4, -0.2) is 57.3 Å². The molecule has 0 aromatic carbocycles. The highest BCUT2D eigenvalue weighted by atomic mass is 16.3. The molecule has 0 rings (SSSR count). The Bertz CT molecular complexity index is 575. The third-order valence-corrected chi connectivity index (χ3v) is 9.07. The van der Waals surface area contributed by atoms with Gasteiger partial charge in [-0.1, -0.05) is 187 Å². The highest BCUT2D eigenvalue weighted by molar-refractivity contribution is 5.80. The van der Waals surface area contributed by atoms with Crippen LogP contribution >= 0.6 is 0 Å². The summed E-state index contributed by atoms with van der Waals surface area (Å²) in [6.07, 6.45) is 32.0. The van der Waals surface area contributed by atoms with Gasteiger partial charge >= 0.3 is 0 Å². The number of unbranched alkanes of at least 4 members (excludes halogenated alkanes) is 25. The Labute approximate surface area is 267 Å². The quantitative estimate of drug-likeness (QED) is 0.0466. The van der Waals surface area contributed by atoms with Gasteiger partial charge in [0.05, 0.1) is 18.8 Å². The summed E-state index contributed by atoms with van der Waals surface area (Å²) in [5.41, 5.74) is 0. The smallest absolute Gasteiger partial charge is 0.249 e. The number of aliphatic hydroxyl groups excluding tert-OH is 4. The second kappa shape index (κ2) is 32.7. The van der Waals surface area contributed by atoms with E-state index in [1.54, 1.807) is 0 Å². The molecule has 0 spiro atoms. The van der Waals surface area contributed by atoms with Crippen molar-refractivity contribution in [1.29, 1.82) is 0 Å². The normalized spacial score (nSPS) is 14.5. The topological polar surface area (TPSA) is 110 Å². The number of amides is 1. The molecule has 0 saturated carbocycles. The lowest BCUT2D eigenvalue weighted by atomic mass is 9.99. The number of rotatable bonds is 34. The first-order chi connectivity index (χ1) is 21.0. The van der Waals surface area contributed by atoms with Gasteiger partial charge in [-0.15, -0.1) is 0 Å². The summed E-state index contributed by atoms with van der Waals surface area (Å²) in [5, 5.41) is 42.8. The van der Waals surface area contributed by atoms with Crippen molar-refractivity contribution in [3.8, 4) is 0 Å². The van der Waals surface area contributed by atoms with Gasteiger partial charge in [0.15, 0.2) is 0 Å². The third kappa shape index (κ3) is 27.4. The Balaban J connectivity index is 3.54. The highest BCUT2D eigenvalue weighted by Crippen LogP contribution is 2.16. The van der Waals surface area contributed by atoms with Gasteiger partial charge in [-0.25, -0.2) is 0 Å². The van der Waals surface area contributed by atoms with E-state index in [1.165, 1.54) is 128 Å². The maximum atomic E-state index is 12.3. The first-order valence-corrected chi connectivity index (χ1v) is 18.9. The summed E-state index contributed by atoms with van der Waals surface area (Å²) >= 11 is 0. The van der Waals surface area contributed by atoms with Gasteiger partial charge in [-0.05, 0) is 12.8 Å². The molecular formula is C37H75NO5. The molecule has 258 valence electrons. The van der Waals surface area contributed by atoms with Crippen LogP contribution in [0, 0.1) is 0 Å². The number of hydrogen-bond acceptors (Lipinski definition) is 5. The molecule has 0 aliphatic rings. The molecule has 0 fully saturated rings. The lowest BCUT2D eigenvalue weighted by Gasteiger charge is -2.27. The van der Waals surface area contributed by atoms with E-state index in [0.29, 0.717) is 12.8 Å². The maximum absolute atomic E-state index is 12.3. The average molecular weight is 614 g/mol. The van der Waals surface area contributed by atoms with Gasteiger partial charge in [0.1, 0.15) is 12.2 Å². The fourth-order valence-corrected chi connectivity index (χ4v) is 5.99. The minimum Gasteiger partial charge on any atom is -0.394 e. The number of carbonyl (C=O) groups excluding carboxylic acids is 1. The van der Waals surface area contributed by atoms with E-state index in [1.807, 2.05) is 0 Å². The van der Waals surface area contributed by atoms with Crippen LogP contribution < -0.4 is 5.32 Å². The summed E-state index contributed by atoms with van der Waals surface area (Å²) < 4.78 is 0. The van der Waals surface area contributed by atoms with Crippen molar-refractivity contribution < 1.29 is 25.2 Å². The van der Waals surface area contributed by atoms with Crippen molar-refractivity contribution in [1.82, 2.24) is 5.32 Å². The molecule has 4 atom stereocenters. The second-order valence-corrected chi connectivity index (χ2v) is 13.3. The molecule has 43 heavy (non-hydrogen) atoms. The maximum Gasteiger partial charge on any atom is 0.249 e. The standard InChI is InChI=1S/C37H75NO5/c1-3-5-7-9-10-11-12-13-14-15-16-17-18-19-20-21-22-23-24-25-26-27-29-31-35(41)37(43)38-33(32-39)36(42)34(40)30-28-8-6-4-2/h33-36,39-42H,3-32H2,1-2H3,(H,38,43). The van der Waals surface area contributed by atoms with E-state index in [0.717, 1.165) is 44.9 Å². The Morgan fingerprint density at radius 3 is 1.14 bits per heavy atom. The molecule has 4 unspecified atom stereocenters. The molecular weight excluding hydrogens is 538 g/mol. The molecule has 0 radical (unpaired) electrons. The predicted octanol–water partition coefficient (Wildman–Crippen LogP) is 8.90. The van der Waals surface area contributed by atoms with Crippen LogP contribution in [0.3, 0.4) is 0 Å². The molecule has 0 aliphatic heterocycles. The SMILES string of the molecule is CCCCCCCCCCCCCCCCCCCCCCCCCC(O)C(=O)NC(CO)C(O)C(O)CCCCCC. The van der Waals surface area contributed by atoms with Crippen molar-refractivity contribution in [2.24, 2.45) is 0 Å². The molecule has 0 aromatic heterocycles. The Kier molecular flexibility index (Phi) is 32.2. The van der Waals surface area contributed by atoms with Crippen molar-refractivity contribution in [3.05, 3.63) is 0 Å². The molecule has 6 heteroatoms. The number of nitrogens with one attached hydrogen (secondary N) is 1. The van der Waals surface area contributed by atoms with Gasteiger partial charge in [0.2, 0.25) is 5.91 Å². The van der Waals surface area contributed by atoms with Crippen LogP contribution in [0.15, 0.2) is 0 Å². The minimum absolute atomic E-state index is 0.374. The average Bonchev–Trinajstić information content (AvgIpc) is 3.01. The monoisotopic (exact) mass is 614 g/mol. The zero-order valence-corrected chi connectivity index (χ0v) is 28.7. The van der Waals surface area contributed by atoms with E-state index >= 15 is 0 Å². The van der Waals surface area contributed by atoms with E-state index < -0.39 is 36.9 Å². The largest absolute Gasteiger partial charge is 0.394 e. The molecule has 0 aliphatic carbocycles. The molecule has 0 heterocycles. The molecule has 0 aromatic rings. The number of hydrogen-bond donors (Lipinski definition) is 5. The molecule has 0 saturated heterocycles. The van der Waals surface area contributed by atoms with Crippen LogP contribution in [0.1, 0.15) is 200 Å². The Morgan fingerprint density at radius 1 is 0.488 bits per heavy atom. The van der Waals surface area contributed by atoms with Crippen LogP contribution in [0.5, 0.6) is 0 Å². The first kappa shape index (κ1) is 42.3. The second-order valence-electron chi connectivity index (χ2n) is 13.3. The molecule has 1 amide bonds. The summed E-state index contributed by atoms with van der Waals surface area (Å²) in [4.78, 5) is 12.3. The van der Waals surface area contributed by atoms with Crippen LogP contribution in [0.4, 0.5) is 0 Å². The van der Waals surface area contributed by atoms with E-state index in [9.17, 15) is 25.2 Å². The van der Waals surface area contributed by atoms with Crippen LogP contribution in [0.25, 0.3) is 0 Å². The first-order valence-electron chi connectivity index (χ1n) is 18.9. The molecule has 5 N–H and O–H groups in total. The van der Waals surface area contributed by atoms with E-state index in [4.69, 9.17) is 0 Å². The van der Waals surface area contributed by atoms with Gasteiger partial charge in [0, 0.05) is 0 Å². The van der Waals surface area contributed by atoms with Crippen molar-refractivity contribution in [2.45, 2.75) is 224 Å². The fraction of sp³-hybridized carbons (Fsp3) is 0.973. The zero-order valence-electron chi connectivity index (χ0n) is 28.7. The highest BCUT2D eigenvalue weighted by Gasteiger charge is 2.28. The Morgan fingerprint density at radius 2 is 0.791 bits per heavy atom. The predicted molar refractivity (Wildman–Crippen MR) is 182 cm³/mol. The van der Waals surface area contributed by atoms with Crippen LogP contribution in [-0.2, 0) is 4.79 Å². The van der Waals surface area contributed by atoms with Gasteiger partial charge in [-0.3, -0.25) is 4.79 Å². The van der Waals surface area contributed by atoms with Gasteiger partial charge in [-0.2, -0.15) is 0 Å². The van der Waals surface area contributed by atoms with Crippen molar-refractivity contribution in [3.63, 3.8) is 0 Å². The van der Waals surface area contributed by atoms with Crippen molar-refractivity contribution >= 4 is 5.91 Å². The zero-order chi connectivity index (χ0) is 31.8. The summed E-state index contributed by atoms with van der Waals surface area (Å²) in [6, 6.07) is -0.974. The molecule has 0 bridgehead atoms. The van der Waals surface area contributed by atoms with E-state index in [-0.39, 0.29) is 0 Å². The number of aliphatic hydroxyl groups is 4. The molecule has 6 nitrogen and oxygen atoms in total. The summed E-state index contributed by atoms with van der Waals surface area (Å²) in [5.74, 6) is -0.588. The fourth-order valence-electron chi connectivity index (χ4n) is 5.99. The lowest BCUT2D eigenvalue weighted by molar-refractivity contribution is -0.132. The van der Waals surface area contributed by atoms with Crippen LogP contribution in [0.2, 0.25) is 0 Å². The van der Waals surface area contributed by atoms with E-state index in [2.05, 4.69) is 19.2 Å².